The van der Waals surface area contributed by atoms with E-state index >= 15 is 0 Å². The number of amides is 2. The zero-order valence-electron chi connectivity index (χ0n) is 18.6. The van der Waals surface area contributed by atoms with Crippen LogP contribution in [0.3, 0.4) is 0 Å². The molecule has 178 valence electrons. The molecule has 10 nitrogen and oxygen atoms in total. The van der Waals surface area contributed by atoms with E-state index in [2.05, 4.69) is 5.32 Å². The highest BCUT2D eigenvalue weighted by Crippen LogP contribution is 2.51. The van der Waals surface area contributed by atoms with Crippen LogP contribution in [-0.2, 0) is 20.9 Å². The summed E-state index contributed by atoms with van der Waals surface area (Å²) in [5, 5.41) is 23.7. The molecule has 33 heavy (non-hydrogen) atoms. The zero-order valence-corrected chi connectivity index (χ0v) is 20.3. The van der Waals surface area contributed by atoms with Crippen molar-refractivity contribution in [3.8, 4) is 0 Å². The molecule has 1 saturated heterocycles. The van der Waals surface area contributed by atoms with Crippen LogP contribution in [0.25, 0.3) is 10.4 Å². The van der Waals surface area contributed by atoms with Crippen LogP contribution in [0.15, 0.2) is 23.2 Å². The minimum absolute atomic E-state index is 0.00300. The summed E-state index contributed by atoms with van der Waals surface area (Å²) in [6.07, 6.45) is 5.48. The number of rotatable bonds is 9. The lowest BCUT2D eigenvalue weighted by molar-refractivity contribution is -0.717. The number of nitrogens with one attached hydrogen (secondary N) is 1. The van der Waals surface area contributed by atoms with E-state index < -0.39 is 18.0 Å². The number of aliphatic carboxylic acids is 1. The Bertz CT molecular complexity index is 1150. The fourth-order valence-corrected chi connectivity index (χ4v) is 6.99. The third-order valence-corrected chi connectivity index (χ3v) is 8.34. The summed E-state index contributed by atoms with van der Waals surface area (Å²) in [6.45, 7) is 4.69. The van der Waals surface area contributed by atoms with Gasteiger partial charge in [0, 0.05) is 18.0 Å². The number of carbonyl (C=O) groups is 3. The number of hydrogen-bond donors (Lipinski definition) is 4. The SMILES string of the molecule is CSc1c2sc(C3=C(C(=O)O)N4C(=O)[C@H]([C@@H](C)O)[C@H]4[C@H]3C)cn2c[n+]1CC(=O)NCCCN. The van der Waals surface area contributed by atoms with Crippen molar-refractivity contribution in [3.63, 3.8) is 0 Å². The van der Waals surface area contributed by atoms with Crippen LogP contribution < -0.4 is 15.6 Å². The van der Waals surface area contributed by atoms with Crippen molar-refractivity contribution in [1.82, 2.24) is 14.6 Å². The van der Waals surface area contributed by atoms with Crippen molar-refractivity contribution >= 4 is 51.3 Å². The van der Waals surface area contributed by atoms with E-state index in [4.69, 9.17) is 5.73 Å². The molecule has 5 N–H and O–H groups in total. The minimum atomic E-state index is -1.15. The first-order valence-corrected chi connectivity index (χ1v) is 12.8. The van der Waals surface area contributed by atoms with Crippen LogP contribution in [0, 0.1) is 11.8 Å². The molecule has 2 aliphatic heterocycles. The smallest absolute Gasteiger partial charge is 0.352 e. The molecule has 4 rings (SSSR count). The van der Waals surface area contributed by atoms with Gasteiger partial charge in [-0.3, -0.25) is 9.59 Å². The summed E-state index contributed by atoms with van der Waals surface area (Å²) in [6, 6.07) is -0.359. The van der Waals surface area contributed by atoms with Gasteiger partial charge in [-0.15, -0.1) is 0 Å². The van der Waals surface area contributed by atoms with E-state index in [-0.39, 0.29) is 36.0 Å². The van der Waals surface area contributed by atoms with Gasteiger partial charge in [0.25, 0.3) is 12.2 Å². The Labute approximate surface area is 199 Å². The molecule has 1 fully saturated rings. The van der Waals surface area contributed by atoms with Crippen molar-refractivity contribution in [2.45, 2.75) is 44.0 Å². The molecule has 12 heteroatoms. The number of carboxylic acid groups (broad SMARTS) is 1. The normalized spacial score (nSPS) is 23.1. The lowest BCUT2D eigenvalue weighted by Gasteiger charge is -2.46. The molecular formula is C21H28N5O5S2+. The monoisotopic (exact) mass is 494 g/mol. The number of thioether (sulfide) groups is 1. The van der Waals surface area contributed by atoms with Crippen molar-refractivity contribution in [1.29, 1.82) is 0 Å². The molecule has 2 aliphatic rings. The topological polar surface area (TPSA) is 141 Å². The van der Waals surface area contributed by atoms with Crippen LogP contribution >= 0.6 is 23.1 Å². The van der Waals surface area contributed by atoms with E-state index in [1.807, 2.05) is 34.7 Å². The van der Waals surface area contributed by atoms with Gasteiger partial charge in [-0.25, -0.2) is 9.36 Å². The van der Waals surface area contributed by atoms with Crippen molar-refractivity contribution in [2.75, 3.05) is 19.3 Å². The minimum Gasteiger partial charge on any atom is -0.477 e. The van der Waals surface area contributed by atoms with E-state index in [9.17, 15) is 24.6 Å². The molecule has 0 spiro atoms. The molecular weight excluding hydrogens is 466 g/mol. The molecule has 0 radical (unpaired) electrons. The number of nitrogens with zero attached hydrogens (tertiary/aromatic N) is 3. The number of aromatic nitrogens is 2. The number of thiazole rings is 1. The average Bonchev–Trinajstić information content (AvgIpc) is 3.35. The highest BCUT2D eigenvalue weighted by atomic mass is 32.2. The Morgan fingerprint density at radius 2 is 2.15 bits per heavy atom. The lowest BCUT2D eigenvalue weighted by atomic mass is 9.77. The first kappa shape index (κ1) is 23.7. The summed E-state index contributed by atoms with van der Waals surface area (Å²) in [7, 11) is 0. The quantitative estimate of drug-likeness (QED) is 0.168. The number of fused-ring (bicyclic) bond motifs is 2. The van der Waals surface area contributed by atoms with E-state index in [0.717, 1.165) is 21.2 Å². The molecule has 2 amide bonds. The fourth-order valence-electron chi connectivity index (χ4n) is 4.81. The predicted molar refractivity (Wildman–Crippen MR) is 123 cm³/mol. The second kappa shape index (κ2) is 9.09. The number of nitrogens with two attached hydrogens (primary N) is 1. The Balaban J connectivity index is 1.68. The van der Waals surface area contributed by atoms with Crippen LogP contribution in [0.1, 0.15) is 25.1 Å². The molecule has 0 unspecified atom stereocenters. The molecule has 0 saturated carbocycles. The van der Waals surface area contributed by atoms with Crippen LogP contribution in [0.2, 0.25) is 0 Å². The Morgan fingerprint density at radius 1 is 1.42 bits per heavy atom. The lowest BCUT2D eigenvalue weighted by Crippen LogP contribution is -2.63. The Hall–Kier alpha value is -2.41. The van der Waals surface area contributed by atoms with Crippen LogP contribution in [0.5, 0.6) is 0 Å². The summed E-state index contributed by atoms with van der Waals surface area (Å²) < 4.78 is 3.75. The summed E-state index contributed by atoms with van der Waals surface area (Å²) >= 11 is 2.94. The molecule has 0 aromatic carbocycles. The molecule has 0 bridgehead atoms. The van der Waals surface area contributed by atoms with Gasteiger partial charge in [-0.05, 0) is 26.1 Å². The van der Waals surface area contributed by atoms with E-state index in [0.29, 0.717) is 18.7 Å². The number of aliphatic hydroxyl groups is 1. The number of hydrogen-bond acceptors (Lipinski definition) is 7. The van der Waals surface area contributed by atoms with Gasteiger partial charge in [0.05, 0.1) is 22.9 Å². The van der Waals surface area contributed by atoms with Crippen molar-refractivity contribution < 1.29 is 29.2 Å². The predicted octanol–water partition coefficient (Wildman–Crippen LogP) is 0.128. The van der Waals surface area contributed by atoms with E-state index in [1.165, 1.54) is 28.0 Å². The van der Waals surface area contributed by atoms with Gasteiger partial charge in [-0.1, -0.05) is 30.0 Å². The first-order chi connectivity index (χ1) is 15.7. The number of carbonyl (C=O) groups excluding carboxylic acids is 2. The van der Waals surface area contributed by atoms with Gasteiger partial charge < -0.3 is 26.2 Å². The third kappa shape index (κ3) is 3.84. The van der Waals surface area contributed by atoms with Gasteiger partial charge in [0.1, 0.15) is 11.9 Å². The van der Waals surface area contributed by atoms with Crippen molar-refractivity contribution in [3.05, 3.63) is 23.1 Å². The molecule has 2 aromatic rings. The Kier molecular flexibility index (Phi) is 6.54. The van der Waals surface area contributed by atoms with E-state index in [1.54, 1.807) is 6.92 Å². The van der Waals surface area contributed by atoms with Crippen LogP contribution in [-0.4, -0.2) is 68.8 Å². The maximum absolute atomic E-state index is 12.6. The Morgan fingerprint density at radius 3 is 2.76 bits per heavy atom. The highest BCUT2D eigenvalue weighted by Gasteiger charge is 2.60. The highest BCUT2D eigenvalue weighted by molar-refractivity contribution is 7.98. The average molecular weight is 495 g/mol. The molecule has 0 aliphatic carbocycles. The first-order valence-electron chi connectivity index (χ1n) is 10.7. The van der Waals surface area contributed by atoms with Gasteiger partial charge in [-0.2, -0.15) is 4.40 Å². The molecule has 4 heterocycles. The summed E-state index contributed by atoms with van der Waals surface area (Å²) in [4.78, 5) is 40.0. The molecule has 4 atom stereocenters. The summed E-state index contributed by atoms with van der Waals surface area (Å²) in [5.74, 6) is -2.42. The molecule has 2 aromatic heterocycles. The largest absolute Gasteiger partial charge is 0.477 e. The number of carboxylic acids is 1. The van der Waals surface area contributed by atoms with Crippen molar-refractivity contribution in [2.24, 2.45) is 17.6 Å². The van der Waals surface area contributed by atoms with Gasteiger partial charge in [0.2, 0.25) is 15.8 Å². The third-order valence-electron chi connectivity index (χ3n) is 6.26. The number of β-lactam (4-membered cyclic amide) rings is 1. The second-order valence-corrected chi connectivity index (χ2v) is 10.2. The standard InChI is InChI=1S/C21H27N5O5S2/c1-10-14(17(21(30)31)26-16(10)15(11(2)27)18(26)29)12-7-24-9-25(19(32-3)20(24)33-12)8-13(28)23-6-4-5-22/h7,9-11,15-16,27H,4-6,8,22H2,1-3H3,(H-,23,28,30,31)/p+1/t10-,11+,15+,16+/m0/s1. The fraction of sp³-hybridized carbons (Fsp3) is 0.524. The second-order valence-electron chi connectivity index (χ2n) is 8.37. The zero-order chi connectivity index (χ0) is 24.0. The summed E-state index contributed by atoms with van der Waals surface area (Å²) in [5.41, 5.74) is 6.07. The van der Waals surface area contributed by atoms with Gasteiger partial charge >= 0.3 is 5.97 Å². The number of imidazole rings is 1. The number of aliphatic hydroxyl groups excluding tert-OH is 1. The maximum Gasteiger partial charge on any atom is 0.352 e. The van der Waals surface area contributed by atoms with Crippen LogP contribution in [0.4, 0.5) is 0 Å². The maximum atomic E-state index is 12.6. The van der Waals surface area contributed by atoms with Gasteiger partial charge in [0.15, 0.2) is 6.54 Å².